The summed E-state index contributed by atoms with van der Waals surface area (Å²) in [7, 11) is 0. The first-order chi connectivity index (χ1) is 22.3. The molecule has 0 aromatic heterocycles. The SMILES string of the molecule is Cc1c(Br)cc(C[C@@H](OC(=O)N2CCC(N3CCc4ccccc4NC3=O)CC2)C(=O)N2CCC(C3CCNCC3)CC2)cc1Br. The number of ether oxygens (including phenoxy) is 1. The topological polar surface area (TPSA) is 94.2 Å². The summed E-state index contributed by atoms with van der Waals surface area (Å²) in [5.41, 5.74) is 4.01. The standard InChI is InChI=1S/C35H45Br2N5O4/c1-23-29(36)20-24(21-30(23)37)22-32(33(43)40-15-8-26(9-16-40)25-6-13-38-14-7-25)46-35(45)41-17-11-28(12-18-41)42-19-10-27-4-2-3-5-31(27)39-34(42)44/h2-5,20-21,25-26,28,32,38H,6-19,22H2,1H3,(H,39,44)/t32-/m1/s1. The first kappa shape index (κ1) is 33.3. The number of halogens is 2. The molecule has 0 unspecified atom stereocenters. The highest BCUT2D eigenvalue weighted by atomic mass is 79.9. The summed E-state index contributed by atoms with van der Waals surface area (Å²) >= 11 is 7.27. The number of nitrogens with zero attached hydrogens (tertiary/aromatic N) is 3. The average molecular weight is 760 g/mol. The maximum absolute atomic E-state index is 14.0. The van der Waals surface area contributed by atoms with Crippen LogP contribution >= 0.6 is 31.9 Å². The van der Waals surface area contributed by atoms with Gasteiger partial charge in [-0.3, -0.25) is 4.79 Å². The highest BCUT2D eigenvalue weighted by Gasteiger charge is 2.36. The van der Waals surface area contributed by atoms with Crippen LogP contribution in [-0.4, -0.2) is 90.7 Å². The van der Waals surface area contributed by atoms with E-state index in [4.69, 9.17) is 4.74 Å². The van der Waals surface area contributed by atoms with Crippen molar-refractivity contribution < 1.29 is 19.1 Å². The van der Waals surface area contributed by atoms with Crippen LogP contribution in [0.2, 0.25) is 0 Å². The van der Waals surface area contributed by atoms with Crippen molar-refractivity contribution in [3.05, 3.63) is 62.0 Å². The average Bonchev–Trinajstić information content (AvgIpc) is 3.25. The second-order valence-corrected chi connectivity index (χ2v) is 15.0. The lowest BCUT2D eigenvalue weighted by Crippen LogP contribution is -2.52. The molecule has 248 valence electrons. The number of urea groups is 1. The Morgan fingerprint density at radius 2 is 1.52 bits per heavy atom. The summed E-state index contributed by atoms with van der Waals surface area (Å²) in [6, 6.07) is 11.9. The predicted octanol–water partition coefficient (Wildman–Crippen LogP) is 6.36. The Kier molecular flexibility index (Phi) is 10.9. The first-order valence-electron chi connectivity index (χ1n) is 16.8. The van der Waals surface area contributed by atoms with Gasteiger partial charge in [-0.05, 0) is 112 Å². The maximum atomic E-state index is 14.0. The van der Waals surface area contributed by atoms with Crippen LogP contribution in [0.25, 0.3) is 0 Å². The quantitative estimate of drug-likeness (QED) is 0.358. The van der Waals surface area contributed by atoms with Gasteiger partial charge in [0.05, 0.1) is 0 Å². The number of piperidine rings is 3. The molecule has 4 amide bonds. The van der Waals surface area contributed by atoms with Crippen LogP contribution in [0, 0.1) is 18.8 Å². The van der Waals surface area contributed by atoms with Gasteiger partial charge in [-0.25, -0.2) is 9.59 Å². The minimum atomic E-state index is -0.906. The zero-order chi connectivity index (χ0) is 32.2. The molecule has 0 saturated carbocycles. The van der Waals surface area contributed by atoms with E-state index in [1.807, 2.05) is 47.1 Å². The van der Waals surface area contributed by atoms with Gasteiger partial charge in [0.2, 0.25) is 0 Å². The van der Waals surface area contributed by atoms with Crippen LogP contribution in [-0.2, 0) is 22.4 Å². The smallest absolute Gasteiger partial charge is 0.410 e. The van der Waals surface area contributed by atoms with E-state index in [2.05, 4.69) is 48.6 Å². The third kappa shape index (κ3) is 7.73. The summed E-state index contributed by atoms with van der Waals surface area (Å²) in [6.45, 7) is 7.19. The van der Waals surface area contributed by atoms with Gasteiger partial charge in [0.25, 0.3) is 5.91 Å². The van der Waals surface area contributed by atoms with Crippen LogP contribution in [0.15, 0.2) is 45.3 Å². The second-order valence-electron chi connectivity index (χ2n) is 13.3. The minimum Gasteiger partial charge on any atom is -0.436 e. The lowest BCUT2D eigenvalue weighted by molar-refractivity contribution is -0.142. The van der Waals surface area contributed by atoms with E-state index < -0.39 is 12.2 Å². The van der Waals surface area contributed by atoms with Gasteiger partial charge >= 0.3 is 12.1 Å². The molecule has 2 N–H and O–H groups in total. The lowest BCUT2D eigenvalue weighted by atomic mass is 9.79. The Balaban J connectivity index is 1.09. The molecule has 0 spiro atoms. The Bertz CT molecular complexity index is 1390. The number of para-hydroxylation sites is 1. The van der Waals surface area contributed by atoms with Crippen molar-refractivity contribution in [2.45, 2.75) is 70.4 Å². The molecule has 6 rings (SSSR count). The highest BCUT2D eigenvalue weighted by molar-refractivity contribution is 9.11. The summed E-state index contributed by atoms with van der Waals surface area (Å²) < 4.78 is 7.98. The number of anilines is 1. The molecule has 4 aliphatic heterocycles. The Hall–Kier alpha value is -2.63. The second kappa shape index (κ2) is 15.1. The van der Waals surface area contributed by atoms with Crippen LogP contribution in [0.4, 0.5) is 15.3 Å². The van der Waals surface area contributed by atoms with Crippen LogP contribution < -0.4 is 10.6 Å². The number of hydrogen-bond donors (Lipinski definition) is 2. The molecule has 11 heteroatoms. The van der Waals surface area contributed by atoms with E-state index in [9.17, 15) is 14.4 Å². The molecule has 3 saturated heterocycles. The monoisotopic (exact) mass is 757 g/mol. The number of likely N-dealkylation sites (tertiary alicyclic amines) is 2. The normalized spacial score (nSPS) is 20.9. The van der Waals surface area contributed by atoms with Gasteiger partial charge < -0.3 is 30.1 Å². The third-order valence-corrected chi connectivity index (χ3v) is 12.1. The molecule has 9 nitrogen and oxygen atoms in total. The van der Waals surface area contributed by atoms with Gasteiger partial charge in [0, 0.05) is 59.8 Å². The largest absolute Gasteiger partial charge is 0.436 e. The molecule has 0 aliphatic carbocycles. The van der Waals surface area contributed by atoms with E-state index in [1.165, 1.54) is 12.8 Å². The molecular weight excluding hydrogens is 714 g/mol. The number of hydrogen-bond acceptors (Lipinski definition) is 5. The predicted molar refractivity (Wildman–Crippen MR) is 186 cm³/mol. The summed E-state index contributed by atoms with van der Waals surface area (Å²) in [5, 5.41) is 6.52. The van der Waals surface area contributed by atoms with Gasteiger partial charge in [-0.15, -0.1) is 0 Å². The summed E-state index contributed by atoms with van der Waals surface area (Å²) in [6.07, 6.45) is 5.49. The van der Waals surface area contributed by atoms with Crippen molar-refractivity contribution in [1.82, 2.24) is 20.0 Å². The van der Waals surface area contributed by atoms with Crippen LogP contribution in [0.5, 0.6) is 0 Å². The summed E-state index contributed by atoms with van der Waals surface area (Å²) in [4.78, 5) is 46.2. The first-order valence-corrected chi connectivity index (χ1v) is 18.4. The fourth-order valence-corrected chi connectivity index (χ4v) is 8.90. The number of nitrogens with one attached hydrogen (secondary N) is 2. The van der Waals surface area contributed by atoms with Crippen molar-refractivity contribution in [1.29, 1.82) is 0 Å². The number of amides is 4. The van der Waals surface area contributed by atoms with E-state index in [-0.39, 0.29) is 18.0 Å². The molecule has 46 heavy (non-hydrogen) atoms. The number of benzene rings is 2. The molecule has 2 aromatic rings. The van der Waals surface area contributed by atoms with E-state index in [0.717, 1.165) is 69.6 Å². The molecule has 0 radical (unpaired) electrons. The zero-order valence-corrected chi connectivity index (χ0v) is 29.8. The van der Waals surface area contributed by atoms with Crippen molar-refractivity contribution in [3.63, 3.8) is 0 Å². The maximum Gasteiger partial charge on any atom is 0.410 e. The minimum absolute atomic E-state index is 0.0410. The van der Waals surface area contributed by atoms with Gasteiger partial charge in [0.1, 0.15) is 0 Å². The molecule has 0 bridgehead atoms. The molecule has 3 fully saturated rings. The van der Waals surface area contributed by atoms with Crippen LogP contribution in [0.3, 0.4) is 0 Å². The van der Waals surface area contributed by atoms with Gasteiger partial charge in [0.15, 0.2) is 6.10 Å². The van der Waals surface area contributed by atoms with Gasteiger partial charge in [-0.2, -0.15) is 0 Å². The Labute approximate surface area is 289 Å². The molecule has 4 aliphatic rings. The molecular formula is C35H45Br2N5O4. The van der Waals surface area contributed by atoms with Gasteiger partial charge in [-0.1, -0.05) is 50.1 Å². The number of carbonyl (C=O) groups excluding carboxylic acids is 3. The van der Waals surface area contributed by atoms with E-state index >= 15 is 0 Å². The van der Waals surface area contributed by atoms with E-state index in [1.54, 1.807) is 4.90 Å². The highest BCUT2D eigenvalue weighted by Crippen LogP contribution is 2.32. The fourth-order valence-electron chi connectivity index (χ4n) is 7.61. The van der Waals surface area contributed by atoms with Crippen LogP contribution in [0.1, 0.15) is 55.2 Å². The zero-order valence-electron chi connectivity index (χ0n) is 26.6. The Morgan fingerprint density at radius 1 is 0.891 bits per heavy atom. The fraction of sp³-hybridized carbons (Fsp3) is 0.571. The number of carbonyl (C=O) groups is 3. The summed E-state index contributed by atoms with van der Waals surface area (Å²) in [5.74, 6) is 1.27. The molecule has 4 heterocycles. The van der Waals surface area contributed by atoms with Crippen molar-refractivity contribution >= 4 is 55.6 Å². The van der Waals surface area contributed by atoms with Crippen molar-refractivity contribution in [2.24, 2.45) is 11.8 Å². The number of rotatable bonds is 6. The molecule has 2 aromatic carbocycles. The Morgan fingerprint density at radius 3 is 2.22 bits per heavy atom. The number of fused-ring (bicyclic) bond motifs is 1. The van der Waals surface area contributed by atoms with Crippen molar-refractivity contribution in [3.8, 4) is 0 Å². The van der Waals surface area contributed by atoms with E-state index in [0.29, 0.717) is 57.9 Å². The molecule has 1 atom stereocenters. The third-order valence-electron chi connectivity index (χ3n) is 10.5. The van der Waals surface area contributed by atoms with Crippen molar-refractivity contribution in [2.75, 3.05) is 51.1 Å². The lowest BCUT2D eigenvalue weighted by Gasteiger charge is -2.39.